The number of halogens is 3. The SMILES string of the molecule is Cc1ccc(NC(=O)COC(=O)c2cc(Cl)ccc2Cl)c(Cl)c1. The molecule has 0 spiro atoms. The number of anilines is 1. The number of benzene rings is 2. The van der Waals surface area contributed by atoms with Gasteiger partial charge in [-0.1, -0.05) is 40.9 Å². The van der Waals surface area contributed by atoms with Gasteiger partial charge in [-0.15, -0.1) is 0 Å². The van der Waals surface area contributed by atoms with Crippen LogP contribution in [-0.2, 0) is 9.53 Å². The third-order valence-corrected chi connectivity index (χ3v) is 3.76. The highest BCUT2D eigenvalue weighted by Gasteiger charge is 2.15. The van der Waals surface area contributed by atoms with Gasteiger partial charge in [0.1, 0.15) is 0 Å². The number of hydrogen-bond acceptors (Lipinski definition) is 3. The monoisotopic (exact) mass is 371 g/mol. The number of aryl methyl sites for hydroxylation is 1. The molecule has 0 fully saturated rings. The lowest BCUT2D eigenvalue weighted by Crippen LogP contribution is -2.21. The lowest BCUT2D eigenvalue weighted by Gasteiger charge is -2.09. The molecule has 7 heteroatoms. The number of carbonyl (C=O) groups is 2. The van der Waals surface area contributed by atoms with E-state index in [9.17, 15) is 9.59 Å². The fraction of sp³-hybridized carbons (Fsp3) is 0.125. The maximum Gasteiger partial charge on any atom is 0.340 e. The first-order valence-electron chi connectivity index (χ1n) is 6.55. The summed E-state index contributed by atoms with van der Waals surface area (Å²) < 4.78 is 4.92. The molecule has 0 aliphatic heterocycles. The Morgan fingerprint density at radius 2 is 1.78 bits per heavy atom. The number of ether oxygens (including phenoxy) is 1. The van der Waals surface area contributed by atoms with Crippen LogP contribution >= 0.6 is 34.8 Å². The van der Waals surface area contributed by atoms with Crippen molar-refractivity contribution >= 4 is 52.4 Å². The fourth-order valence-corrected chi connectivity index (χ4v) is 2.42. The molecule has 0 aliphatic rings. The zero-order chi connectivity index (χ0) is 17.0. The predicted molar refractivity (Wildman–Crippen MR) is 91.6 cm³/mol. The summed E-state index contributed by atoms with van der Waals surface area (Å²) in [6, 6.07) is 9.60. The van der Waals surface area contributed by atoms with Crippen LogP contribution in [0.1, 0.15) is 15.9 Å². The van der Waals surface area contributed by atoms with Gasteiger partial charge in [0.15, 0.2) is 6.61 Å². The van der Waals surface area contributed by atoms with Crippen LogP contribution in [0, 0.1) is 6.92 Å². The van der Waals surface area contributed by atoms with Crippen molar-refractivity contribution in [3.8, 4) is 0 Å². The van der Waals surface area contributed by atoms with Crippen LogP contribution in [0.4, 0.5) is 5.69 Å². The maximum absolute atomic E-state index is 11.9. The molecule has 0 unspecified atom stereocenters. The van der Waals surface area contributed by atoms with Crippen LogP contribution in [0.15, 0.2) is 36.4 Å². The standard InChI is InChI=1S/C16H12Cl3NO3/c1-9-2-5-14(13(19)6-9)20-15(21)8-23-16(22)11-7-10(17)3-4-12(11)18/h2-7H,8H2,1H3,(H,20,21). The largest absolute Gasteiger partial charge is 0.452 e. The predicted octanol–water partition coefficient (Wildman–Crippen LogP) is 4.75. The summed E-state index contributed by atoms with van der Waals surface area (Å²) in [5, 5.41) is 3.51. The molecule has 2 aromatic carbocycles. The van der Waals surface area contributed by atoms with Gasteiger partial charge < -0.3 is 10.1 Å². The number of carbonyl (C=O) groups excluding carboxylic acids is 2. The molecule has 0 saturated heterocycles. The van der Waals surface area contributed by atoms with E-state index in [1.807, 2.05) is 6.92 Å². The van der Waals surface area contributed by atoms with Gasteiger partial charge >= 0.3 is 5.97 Å². The number of amides is 1. The average molecular weight is 373 g/mol. The topological polar surface area (TPSA) is 55.4 Å². The molecule has 0 saturated carbocycles. The van der Waals surface area contributed by atoms with Gasteiger partial charge in [-0.25, -0.2) is 4.79 Å². The normalized spacial score (nSPS) is 10.3. The molecular weight excluding hydrogens is 361 g/mol. The molecule has 2 rings (SSSR count). The van der Waals surface area contributed by atoms with E-state index in [0.717, 1.165) is 5.56 Å². The lowest BCUT2D eigenvalue weighted by atomic mass is 10.2. The summed E-state index contributed by atoms with van der Waals surface area (Å²) in [5.74, 6) is -1.25. The molecule has 1 amide bonds. The maximum atomic E-state index is 11.9. The molecular formula is C16H12Cl3NO3. The van der Waals surface area contributed by atoms with Crippen molar-refractivity contribution in [1.82, 2.24) is 0 Å². The summed E-state index contributed by atoms with van der Waals surface area (Å²) in [7, 11) is 0. The molecule has 120 valence electrons. The number of esters is 1. The summed E-state index contributed by atoms with van der Waals surface area (Å²) in [6.45, 7) is 1.42. The Morgan fingerprint density at radius 3 is 2.48 bits per heavy atom. The van der Waals surface area contributed by atoms with Gasteiger partial charge in [-0.05, 0) is 42.8 Å². The first-order chi connectivity index (χ1) is 10.9. The second-order valence-electron chi connectivity index (χ2n) is 4.73. The molecule has 0 aliphatic carbocycles. The van der Waals surface area contributed by atoms with Gasteiger partial charge in [-0.3, -0.25) is 4.79 Å². The fourth-order valence-electron chi connectivity index (χ4n) is 1.77. The van der Waals surface area contributed by atoms with Gasteiger partial charge in [0, 0.05) is 5.02 Å². The van der Waals surface area contributed by atoms with E-state index in [0.29, 0.717) is 15.7 Å². The highest BCUT2D eigenvalue weighted by atomic mass is 35.5. The molecule has 23 heavy (non-hydrogen) atoms. The van der Waals surface area contributed by atoms with Crippen molar-refractivity contribution in [2.75, 3.05) is 11.9 Å². The minimum Gasteiger partial charge on any atom is -0.452 e. The van der Waals surface area contributed by atoms with E-state index in [-0.39, 0.29) is 10.6 Å². The number of hydrogen-bond donors (Lipinski definition) is 1. The van der Waals surface area contributed by atoms with E-state index in [1.54, 1.807) is 24.3 Å². The Kier molecular flexibility index (Phi) is 5.88. The molecule has 0 aromatic heterocycles. The molecule has 0 radical (unpaired) electrons. The van der Waals surface area contributed by atoms with Crippen LogP contribution in [-0.4, -0.2) is 18.5 Å². The zero-order valence-corrected chi connectivity index (χ0v) is 14.3. The van der Waals surface area contributed by atoms with Crippen molar-refractivity contribution in [2.24, 2.45) is 0 Å². The van der Waals surface area contributed by atoms with Gasteiger partial charge in [0.05, 0.1) is 21.3 Å². The molecule has 4 nitrogen and oxygen atoms in total. The van der Waals surface area contributed by atoms with Gasteiger partial charge in [0.25, 0.3) is 5.91 Å². The van der Waals surface area contributed by atoms with Crippen molar-refractivity contribution in [1.29, 1.82) is 0 Å². The lowest BCUT2D eigenvalue weighted by molar-refractivity contribution is -0.119. The Morgan fingerprint density at radius 1 is 1.04 bits per heavy atom. The summed E-state index contributed by atoms with van der Waals surface area (Å²) in [4.78, 5) is 23.7. The van der Waals surface area contributed by atoms with Crippen LogP contribution in [0.3, 0.4) is 0 Å². The Bertz CT molecular complexity index is 762. The van der Waals surface area contributed by atoms with Crippen molar-refractivity contribution < 1.29 is 14.3 Å². The van der Waals surface area contributed by atoms with Crippen LogP contribution in [0.25, 0.3) is 0 Å². The van der Waals surface area contributed by atoms with Gasteiger partial charge in [-0.2, -0.15) is 0 Å². The third kappa shape index (κ3) is 4.86. The summed E-state index contributed by atoms with van der Waals surface area (Å²) in [6.07, 6.45) is 0. The molecule has 0 bridgehead atoms. The summed E-state index contributed by atoms with van der Waals surface area (Å²) in [5.41, 5.74) is 1.51. The van der Waals surface area contributed by atoms with E-state index in [2.05, 4.69) is 5.32 Å². The average Bonchev–Trinajstić information content (AvgIpc) is 2.50. The molecule has 0 atom stereocenters. The first kappa shape index (κ1) is 17.6. The van der Waals surface area contributed by atoms with Gasteiger partial charge in [0.2, 0.25) is 0 Å². The minimum atomic E-state index is -0.734. The highest BCUT2D eigenvalue weighted by Crippen LogP contribution is 2.23. The van der Waals surface area contributed by atoms with E-state index >= 15 is 0 Å². The third-order valence-electron chi connectivity index (χ3n) is 2.88. The highest BCUT2D eigenvalue weighted by molar-refractivity contribution is 6.35. The molecule has 2 aromatic rings. The minimum absolute atomic E-state index is 0.0975. The van der Waals surface area contributed by atoms with E-state index in [1.165, 1.54) is 12.1 Å². The van der Waals surface area contributed by atoms with Crippen molar-refractivity contribution in [2.45, 2.75) is 6.92 Å². The Hall–Kier alpha value is -1.75. The number of nitrogens with one attached hydrogen (secondary N) is 1. The van der Waals surface area contributed by atoms with E-state index < -0.39 is 18.5 Å². The quantitative estimate of drug-likeness (QED) is 0.788. The van der Waals surface area contributed by atoms with Crippen molar-refractivity contribution in [3.05, 3.63) is 62.6 Å². The number of rotatable bonds is 4. The van der Waals surface area contributed by atoms with E-state index in [4.69, 9.17) is 39.5 Å². The van der Waals surface area contributed by atoms with Crippen LogP contribution < -0.4 is 5.32 Å². The Balaban J connectivity index is 1.96. The van der Waals surface area contributed by atoms with Crippen LogP contribution in [0.2, 0.25) is 15.1 Å². The molecule has 0 heterocycles. The second-order valence-corrected chi connectivity index (χ2v) is 5.98. The second kappa shape index (κ2) is 7.68. The molecule has 1 N–H and O–H groups in total. The summed E-state index contributed by atoms with van der Waals surface area (Å²) >= 11 is 17.7. The van der Waals surface area contributed by atoms with Crippen molar-refractivity contribution in [3.63, 3.8) is 0 Å². The first-order valence-corrected chi connectivity index (χ1v) is 7.68. The smallest absolute Gasteiger partial charge is 0.340 e. The zero-order valence-electron chi connectivity index (χ0n) is 12.0. The Labute approximate surface area is 148 Å². The van der Waals surface area contributed by atoms with Crippen LogP contribution in [0.5, 0.6) is 0 Å².